The monoisotopic (exact) mass is 365 g/mol. The molecule has 1 aliphatic rings. The lowest BCUT2D eigenvalue weighted by Crippen LogP contribution is -2.45. The minimum absolute atomic E-state index is 0.281. The second kappa shape index (κ2) is 8.58. The van der Waals surface area contributed by atoms with Crippen molar-refractivity contribution in [2.45, 2.75) is 51.6 Å². The first kappa shape index (κ1) is 20.1. The van der Waals surface area contributed by atoms with Gasteiger partial charge in [0.05, 0.1) is 5.60 Å². The van der Waals surface area contributed by atoms with Crippen LogP contribution in [0.4, 0.5) is 0 Å². The van der Waals surface area contributed by atoms with Gasteiger partial charge < -0.3 is 10.0 Å². The fraction of sp³-hybridized carbons (Fsp3) is 0.520. The number of benzene rings is 2. The number of rotatable bonds is 6. The fourth-order valence-electron chi connectivity index (χ4n) is 4.89. The summed E-state index contributed by atoms with van der Waals surface area (Å²) in [6.45, 7) is 5.20. The molecular formula is C25H35NO. The molecule has 1 aliphatic carbocycles. The number of aryl methyl sites for hydroxylation is 3. The Kier molecular flexibility index (Phi) is 6.39. The average molecular weight is 366 g/mol. The third kappa shape index (κ3) is 5.00. The van der Waals surface area contributed by atoms with Crippen LogP contribution in [0.2, 0.25) is 0 Å². The maximum atomic E-state index is 11.8. The van der Waals surface area contributed by atoms with E-state index in [1.807, 2.05) is 0 Å². The molecule has 27 heavy (non-hydrogen) atoms. The van der Waals surface area contributed by atoms with Crippen LogP contribution in [0.3, 0.4) is 0 Å². The number of nitrogens with zero attached hydrogens (tertiary/aromatic N) is 1. The second-order valence-corrected chi connectivity index (χ2v) is 8.92. The molecule has 2 aromatic carbocycles. The summed E-state index contributed by atoms with van der Waals surface area (Å²) in [6.07, 6.45) is 5.45. The van der Waals surface area contributed by atoms with Crippen LogP contribution < -0.4 is 0 Å². The zero-order valence-corrected chi connectivity index (χ0v) is 17.4. The Balaban J connectivity index is 1.76. The van der Waals surface area contributed by atoms with E-state index < -0.39 is 5.60 Å². The van der Waals surface area contributed by atoms with Gasteiger partial charge in [0.1, 0.15) is 0 Å². The number of hydrogen-bond acceptors (Lipinski definition) is 2. The van der Waals surface area contributed by atoms with E-state index >= 15 is 0 Å². The molecule has 0 saturated heterocycles. The maximum Gasteiger partial charge on any atom is 0.0937 e. The van der Waals surface area contributed by atoms with Gasteiger partial charge in [0.2, 0.25) is 0 Å². The molecule has 2 heteroatoms. The number of hydrogen-bond donors (Lipinski definition) is 1. The normalized spacial score (nSPS) is 25.7. The lowest BCUT2D eigenvalue weighted by atomic mass is 9.66. The zero-order valence-electron chi connectivity index (χ0n) is 17.4. The van der Waals surface area contributed by atoms with Gasteiger partial charge in [-0.05, 0) is 77.1 Å². The molecular weight excluding hydrogens is 330 g/mol. The first-order valence-electron chi connectivity index (χ1n) is 10.4. The van der Waals surface area contributed by atoms with Crippen LogP contribution in [0, 0.1) is 25.7 Å². The highest BCUT2D eigenvalue weighted by atomic mass is 16.3. The highest BCUT2D eigenvalue weighted by molar-refractivity contribution is 5.33. The molecule has 0 bridgehead atoms. The van der Waals surface area contributed by atoms with E-state index in [0.717, 1.165) is 37.8 Å². The van der Waals surface area contributed by atoms with E-state index in [1.54, 1.807) is 0 Å². The van der Waals surface area contributed by atoms with E-state index in [4.69, 9.17) is 0 Å². The second-order valence-electron chi connectivity index (χ2n) is 8.92. The molecule has 1 fully saturated rings. The summed E-state index contributed by atoms with van der Waals surface area (Å²) in [4.78, 5) is 2.23. The highest BCUT2D eigenvalue weighted by Gasteiger charge is 2.43. The molecule has 0 aromatic heterocycles. The van der Waals surface area contributed by atoms with Gasteiger partial charge in [0.25, 0.3) is 0 Å². The Morgan fingerprint density at radius 1 is 1.04 bits per heavy atom. The van der Waals surface area contributed by atoms with Crippen molar-refractivity contribution >= 4 is 0 Å². The summed E-state index contributed by atoms with van der Waals surface area (Å²) in [5, 5.41) is 11.8. The molecule has 0 spiro atoms. The summed E-state index contributed by atoms with van der Waals surface area (Å²) in [5.74, 6) is 0.976. The Hall–Kier alpha value is -1.64. The lowest BCUT2D eigenvalue weighted by molar-refractivity contribution is -0.0761. The van der Waals surface area contributed by atoms with Crippen LogP contribution in [0.15, 0.2) is 48.5 Å². The first-order chi connectivity index (χ1) is 12.9. The molecule has 3 atom stereocenters. The van der Waals surface area contributed by atoms with Gasteiger partial charge in [0, 0.05) is 12.5 Å². The standard InChI is InChI=1S/C25H35NO/c1-19-14-20(2)16-23(15-19)25(27)13-12-22(17-24(25)18-26(3)4)11-10-21-8-6-5-7-9-21/h5-9,14-16,22,24,27H,10-13,17-18H2,1-4H3. The third-order valence-corrected chi connectivity index (χ3v) is 6.22. The SMILES string of the molecule is Cc1cc(C)cc(C2(O)CCC(CCc3ccccc3)CC2CN(C)C)c1. The topological polar surface area (TPSA) is 23.5 Å². The molecule has 0 aliphatic heterocycles. The molecule has 0 radical (unpaired) electrons. The van der Waals surface area contributed by atoms with E-state index in [2.05, 4.69) is 81.4 Å². The smallest absolute Gasteiger partial charge is 0.0937 e. The molecule has 1 saturated carbocycles. The van der Waals surface area contributed by atoms with Gasteiger partial charge in [-0.25, -0.2) is 0 Å². The molecule has 0 heterocycles. The van der Waals surface area contributed by atoms with Crippen molar-refractivity contribution in [2.24, 2.45) is 11.8 Å². The predicted molar refractivity (Wildman–Crippen MR) is 114 cm³/mol. The Morgan fingerprint density at radius 2 is 1.70 bits per heavy atom. The quantitative estimate of drug-likeness (QED) is 0.770. The minimum Gasteiger partial charge on any atom is -0.385 e. The van der Waals surface area contributed by atoms with E-state index in [1.165, 1.54) is 23.1 Å². The van der Waals surface area contributed by atoms with Crippen molar-refractivity contribution in [3.8, 4) is 0 Å². The summed E-state index contributed by atoms with van der Waals surface area (Å²) < 4.78 is 0. The van der Waals surface area contributed by atoms with E-state index in [9.17, 15) is 5.11 Å². The van der Waals surface area contributed by atoms with Crippen LogP contribution >= 0.6 is 0 Å². The molecule has 3 unspecified atom stereocenters. The molecule has 0 amide bonds. The lowest BCUT2D eigenvalue weighted by Gasteiger charge is -2.45. The molecule has 146 valence electrons. The minimum atomic E-state index is -0.704. The van der Waals surface area contributed by atoms with Gasteiger partial charge in [-0.15, -0.1) is 0 Å². The van der Waals surface area contributed by atoms with Gasteiger partial charge in [-0.2, -0.15) is 0 Å². The van der Waals surface area contributed by atoms with Gasteiger partial charge in [0.15, 0.2) is 0 Å². The van der Waals surface area contributed by atoms with Crippen molar-refractivity contribution in [3.05, 3.63) is 70.8 Å². The van der Waals surface area contributed by atoms with Crippen molar-refractivity contribution in [1.29, 1.82) is 0 Å². The summed E-state index contributed by atoms with van der Waals surface area (Å²) in [5.41, 5.74) is 4.33. The average Bonchev–Trinajstić information content (AvgIpc) is 2.62. The van der Waals surface area contributed by atoms with Crippen molar-refractivity contribution in [2.75, 3.05) is 20.6 Å². The Labute approximate surface area is 165 Å². The third-order valence-electron chi connectivity index (χ3n) is 6.22. The van der Waals surface area contributed by atoms with E-state index in [-0.39, 0.29) is 5.92 Å². The fourth-order valence-corrected chi connectivity index (χ4v) is 4.89. The Morgan fingerprint density at radius 3 is 2.33 bits per heavy atom. The van der Waals surface area contributed by atoms with Crippen LogP contribution in [0.1, 0.15) is 47.9 Å². The maximum absolute atomic E-state index is 11.8. The van der Waals surface area contributed by atoms with Crippen LogP contribution in [0.5, 0.6) is 0 Å². The summed E-state index contributed by atoms with van der Waals surface area (Å²) in [7, 11) is 4.24. The van der Waals surface area contributed by atoms with Gasteiger partial charge in [-0.1, -0.05) is 59.7 Å². The van der Waals surface area contributed by atoms with Crippen molar-refractivity contribution in [1.82, 2.24) is 4.90 Å². The van der Waals surface area contributed by atoms with Crippen molar-refractivity contribution < 1.29 is 5.11 Å². The first-order valence-corrected chi connectivity index (χ1v) is 10.4. The molecule has 3 rings (SSSR count). The van der Waals surface area contributed by atoms with Crippen molar-refractivity contribution in [3.63, 3.8) is 0 Å². The zero-order chi connectivity index (χ0) is 19.4. The summed E-state index contributed by atoms with van der Waals surface area (Å²) in [6, 6.07) is 17.4. The van der Waals surface area contributed by atoms with Crippen LogP contribution in [-0.4, -0.2) is 30.6 Å². The summed E-state index contributed by atoms with van der Waals surface area (Å²) >= 11 is 0. The van der Waals surface area contributed by atoms with E-state index in [0.29, 0.717) is 5.92 Å². The largest absolute Gasteiger partial charge is 0.385 e. The van der Waals surface area contributed by atoms with Crippen LogP contribution in [0.25, 0.3) is 0 Å². The van der Waals surface area contributed by atoms with Gasteiger partial charge in [-0.3, -0.25) is 0 Å². The molecule has 1 N–H and O–H groups in total. The highest BCUT2D eigenvalue weighted by Crippen LogP contribution is 2.45. The molecule has 2 aromatic rings. The molecule has 2 nitrogen and oxygen atoms in total. The van der Waals surface area contributed by atoms with Crippen LogP contribution in [-0.2, 0) is 12.0 Å². The number of aliphatic hydroxyl groups is 1. The Bertz CT molecular complexity index is 719. The predicted octanol–water partition coefficient (Wildman–Crippen LogP) is 5.10. The van der Waals surface area contributed by atoms with Gasteiger partial charge >= 0.3 is 0 Å².